The summed E-state index contributed by atoms with van der Waals surface area (Å²) in [6.07, 6.45) is 4.37. The van der Waals surface area contributed by atoms with E-state index < -0.39 is 24.0 Å². The van der Waals surface area contributed by atoms with Gasteiger partial charge in [0.05, 0.1) is 6.61 Å². The first-order valence-corrected chi connectivity index (χ1v) is 5.70. The number of carboxylic acids is 1. The van der Waals surface area contributed by atoms with Crippen molar-refractivity contribution in [2.24, 2.45) is 5.41 Å². The third-order valence-electron chi connectivity index (χ3n) is 3.51. The Balaban J connectivity index is 2.65. The van der Waals surface area contributed by atoms with Crippen molar-refractivity contribution >= 4 is 11.9 Å². The molecule has 0 aromatic rings. The van der Waals surface area contributed by atoms with Gasteiger partial charge in [-0.25, -0.2) is 4.79 Å². The van der Waals surface area contributed by atoms with Crippen molar-refractivity contribution in [1.29, 1.82) is 0 Å². The van der Waals surface area contributed by atoms with Crippen LogP contribution in [0, 0.1) is 5.41 Å². The van der Waals surface area contributed by atoms with Crippen LogP contribution in [0.2, 0.25) is 0 Å². The largest absolute Gasteiger partial charge is 0.480 e. The van der Waals surface area contributed by atoms with Crippen LogP contribution in [0.15, 0.2) is 0 Å². The fourth-order valence-corrected chi connectivity index (χ4v) is 2.29. The Labute approximate surface area is 94.8 Å². The lowest BCUT2D eigenvalue weighted by atomic mass is 9.82. The van der Waals surface area contributed by atoms with E-state index in [1.807, 2.05) is 6.92 Å². The van der Waals surface area contributed by atoms with E-state index in [0.29, 0.717) is 0 Å². The molecule has 1 aliphatic rings. The van der Waals surface area contributed by atoms with Crippen molar-refractivity contribution in [2.45, 2.75) is 45.1 Å². The molecule has 1 amide bonds. The molecule has 1 rings (SSSR count). The number of aliphatic hydroxyl groups is 1. The van der Waals surface area contributed by atoms with Gasteiger partial charge in [0.25, 0.3) is 0 Å². The van der Waals surface area contributed by atoms with Gasteiger partial charge in [0.15, 0.2) is 0 Å². The number of carbonyl (C=O) groups is 2. The average Bonchev–Trinajstić information content (AvgIpc) is 2.74. The number of aliphatic carboxylic acids is 1. The highest BCUT2D eigenvalue weighted by atomic mass is 16.4. The summed E-state index contributed by atoms with van der Waals surface area (Å²) in [5.74, 6) is -1.42. The molecule has 0 spiro atoms. The van der Waals surface area contributed by atoms with Gasteiger partial charge in [0.2, 0.25) is 5.91 Å². The molecule has 1 fully saturated rings. The summed E-state index contributed by atoms with van der Waals surface area (Å²) in [4.78, 5) is 22.7. The molecule has 5 nitrogen and oxygen atoms in total. The van der Waals surface area contributed by atoms with Gasteiger partial charge in [-0.15, -0.1) is 0 Å². The molecular weight excluding hydrogens is 210 g/mol. The zero-order chi connectivity index (χ0) is 12.2. The van der Waals surface area contributed by atoms with Crippen LogP contribution in [0.3, 0.4) is 0 Å². The normalized spacial score (nSPS) is 20.4. The zero-order valence-corrected chi connectivity index (χ0v) is 9.53. The standard InChI is InChI=1S/C11H19NO4/c1-2-11(5-3-4-6-11)10(16)12-8(7-13)9(14)15/h8,13H,2-7H2,1H3,(H,12,16)(H,14,15)/t8-/m0/s1. The monoisotopic (exact) mass is 229 g/mol. The van der Waals surface area contributed by atoms with E-state index >= 15 is 0 Å². The predicted molar refractivity (Wildman–Crippen MR) is 57.8 cm³/mol. The average molecular weight is 229 g/mol. The molecule has 0 aromatic heterocycles. The fraction of sp³-hybridized carbons (Fsp3) is 0.818. The maximum atomic E-state index is 12.0. The number of nitrogens with one attached hydrogen (secondary N) is 1. The Morgan fingerprint density at radius 1 is 1.38 bits per heavy atom. The van der Waals surface area contributed by atoms with Crippen molar-refractivity contribution in [3.63, 3.8) is 0 Å². The van der Waals surface area contributed by atoms with Crippen LogP contribution < -0.4 is 5.32 Å². The Bertz CT molecular complexity index is 271. The predicted octanol–water partition coefficient (Wildman–Crippen LogP) is 0.518. The maximum absolute atomic E-state index is 12.0. The van der Waals surface area contributed by atoms with E-state index in [9.17, 15) is 9.59 Å². The van der Waals surface area contributed by atoms with Gasteiger partial charge >= 0.3 is 5.97 Å². The van der Waals surface area contributed by atoms with E-state index in [4.69, 9.17) is 10.2 Å². The number of carbonyl (C=O) groups excluding carboxylic acids is 1. The highest BCUT2D eigenvalue weighted by molar-refractivity contribution is 5.87. The Kier molecular flexibility index (Phi) is 4.29. The van der Waals surface area contributed by atoms with Crippen molar-refractivity contribution in [3.8, 4) is 0 Å². The van der Waals surface area contributed by atoms with Gasteiger partial charge in [-0.3, -0.25) is 4.79 Å². The van der Waals surface area contributed by atoms with E-state index in [1.165, 1.54) is 0 Å². The van der Waals surface area contributed by atoms with E-state index in [1.54, 1.807) is 0 Å². The van der Waals surface area contributed by atoms with Crippen molar-refractivity contribution < 1.29 is 19.8 Å². The lowest BCUT2D eigenvalue weighted by Gasteiger charge is -2.27. The molecule has 5 heteroatoms. The van der Waals surface area contributed by atoms with Crippen molar-refractivity contribution in [1.82, 2.24) is 5.32 Å². The van der Waals surface area contributed by atoms with Gasteiger partial charge < -0.3 is 15.5 Å². The third kappa shape index (κ3) is 2.52. The van der Waals surface area contributed by atoms with Crippen LogP contribution in [0.5, 0.6) is 0 Å². The van der Waals surface area contributed by atoms with Crippen molar-refractivity contribution in [3.05, 3.63) is 0 Å². The van der Waals surface area contributed by atoms with Crippen molar-refractivity contribution in [2.75, 3.05) is 6.61 Å². The fourth-order valence-electron chi connectivity index (χ4n) is 2.29. The first kappa shape index (κ1) is 13.0. The summed E-state index contributed by atoms with van der Waals surface area (Å²) in [5.41, 5.74) is -0.414. The molecule has 0 aromatic carbocycles. The number of amides is 1. The first-order valence-electron chi connectivity index (χ1n) is 5.70. The molecule has 0 aliphatic heterocycles. The Morgan fingerprint density at radius 3 is 2.31 bits per heavy atom. The number of hydrogen-bond donors (Lipinski definition) is 3. The van der Waals surface area contributed by atoms with Crippen LogP contribution in [-0.2, 0) is 9.59 Å². The van der Waals surface area contributed by atoms with Gasteiger partial charge in [-0.1, -0.05) is 19.8 Å². The molecule has 0 radical (unpaired) electrons. The topological polar surface area (TPSA) is 86.6 Å². The van der Waals surface area contributed by atoms with Gasteiger partial charge in [-0.2, -0.15) is 0 Å². The molecule has 0 heterocycles. The molecule has 0 bridgehead atoms. The minimum absolute atomic E-state index is 0.228. The second-order valence-electron chi connectivity index (χ2n) is 4.39. The number of rotatable bonds is 5. The van der Waals surface area contributed by atoms with Gasteiger partial charge in [0.1, 0.15) is 6.04 Å². The Morgan fingerprint density at radius 2 is 1.94 bits per heavy atom. The molecule has 3 N–H and O–H groups in total. The molecule has 16 heavy (non-hydrogen) atoms. The smallest absolute Gasteiger partial charge is 0.328 e. The second-order valence-corrected chi connectivity index (χ2v) is 4.39. The van der Waals surface area contributed by atoms with Crippen LogP contribution >= 0.6 is 0 Å². The minimum Gasteiger partial charge on any atom is -0.480 e. The van der Waals surface area contributed by atoms with Crippen LogP contribution in [0.25, 0.3) is 0 Å². The summed E-state index contributed by atoms with van der Waals surface area (Å²) in [6.45, 7) is 1.38. The second kappa shape index (κ2) is 5.30. The highest BCUT2D eigenvalue weighted by Crippen LogP contribution is 2.41. The SMILES string of the molecule is CCC1(C(=O)N[C@@H](CO)C(=O)O)CCCC1. The molecule has 0 saturated heterocycles. The molecule has 1 saturated carbocycles. The molecule has 92 valence electrons. The van der Waals surface area contributed by atoms with Gasteiger partial charge in [0, 0.05) is 5.41 Å². The third-order valence-corrected chi connectivity index (χ3v) is 3.51. The number of hydrogen-bond acceptors (Lipinski definition) is 3. The molecule has 0 unspecified atom stereocenters. The quantitative estimate of drug-likeness (QED) is 0.641. The summed E-state index contributed by atoms with van der Waals surface area (Å²) < 4.78 is 0. The number of carboxylic acid groups (broad SMARTS) is 1. The summed E-state index contributed by atoms with van der Waals surface area (Å²) in [5, 5.41) is 20.0. The van der Waals surface area contributed by atoms with Crippen LogP contribution in [0.1, 0.15) is 39.0 Å². The van der Waals surface area contributed by atoms with Crippen LogP contribution in [0.4, 0.5) is 0 Å². The molecular formula is C11H19NO4. The van der Waals surface area contributed by atoms with E-state index in [0.717, 1.165) is 32.1 Å². The maximum Gasteiger partial charge on any atom is 0.328 e. The minimum atomic E-state index is -1.19. The summed E-state index contributed by atoms with van der Waals surface area (Å²) in [6, 6.07) is -1.18. The number of aliphatic hydroxyl groups excluding tert-OH is 1. The lowest BCUT2D eigenvalue weighted by Crippen LogP contribution is -2.49. The van der Waals surface area contributed by atoms with E-state index in [2.05, 4.69) is 5.32 Å². The summed E-state index contributed by atoms with van der Waals surface area (Å²) >= 11 is 0. The first-order chi connectivity index (χ1) is 7.55. The highest BCUT2D eigenvalue weighted by Gasteiger charge is 2.40. The molecule has 1 aliphatic carbocycles. The Hall–Kier alpha value is -1.10. The zero-order valence-electron chi connectivity index (χ0n) is 9.53. The van der Waals surface area contributed by atoms with Gasteiger partial charge in [-0.05, 0) is 19.3 Å². The van der Waals surface area contributed by atoms with E-state index in [-0.39, 0.29) is 5.91 Å². The lowest BCUT2D eigenvalue weighted by molar-refractivity contribution is -0.145. The molecule has 1 atom stereocenters. The summed E-state index contributed by atoms with van der Waals surface area (Å²) in [7, 11) is 0. The van der Waals surface area contributed by atoms with Crippen LogP contribution in [-0.4, -0.2) is 34.7 Å².